The van der Waals surface area contributed by atoms with Crippen molar-refractivity contribution in [2.45, 2.75) is 271 Å². The third-order valence-corrected chi connectivity index (χ3v) is 13.2. The first kappa shape index (κ1) is 75.8. The number of rotatable bonds is 57. The topological polar surface area (TPSA) is 78.9 Å². The van der Waals surface area contributed by atoms with Crippen molar-refractivity contribution in [1.82, 2.24) is 0 Å². The fourth-order valence-corrected chi connectivity index (χ4v) is 8.43. The van der Waals surface area contributed by atoms with Crippen molar-refractivity contribution >= 4 is 17.9 Å². The molecule has 0 heterocycles. The molecule has 0 saturated carbocycles. The summed E-state index contributed by atoms with van der Waals surface area (Å²) in [6.45, 7) is 6.26. The largest absolute Gasteiger partial charge is 0.462 e. The second-order valence-electron chi connectivity index (χ2n) is 20.9. The van der Waals surface area contributed by atoms with E-state index < -0.39 is 6.10 Å². The minimum atomic E-state index is -0.813. The number of carbonyl (C=O) groups is 3. The minimum absolute atomic E-state index is 0.106. The van der Waals surface area contributed by atoms with E-state index >= 15 is 0 Å². The van der Waals surface area contributed by atoms with Crippen molar-refractivity contribution in [2.75, 3.05) is 13.2 Å². The van der Waals surface area contributed by atoms with Gasteiger partial charge in [0.2, 0.25) is 0 Å². The molecule has 0 saturated heterocycles. The Balaban J connectivity index is 4.52. The molecule has 0 aromatic heterocycles. The van der Waals surface area contributed by atoms with Gasteiger partial charge in [-0.2, -0.15) is 0 Å². The van der Waals surface area contributed by atoms with Gasteiger partial charge in [0.1, 0.15) is 13.2 Å². The Kier molecular flexibility index (Phi) is 62.9. The number of hydrogen-bond acceptors (Lipinski definition) is 6. The maximum atomic E-state index is 12.9. The molecule has 0 radical (unpaired) electrons. The smallest absolute Gasteiger partial charge is 0.306 e. The van der Waals surface area contributed by atoms with Gasteiger partial charge in [-0.3, -0.25) is 14.4 Å². The van der Waals surface area contributed by atoms with Crippen LogP contribution in [0.2, 0.25) is 0 Å². The van der Waals surface area contributed by atoms with E-state index in [0.29, 0.717) is 19.3 Å². The summed E-state index contributed by atoms with van der Waals surface area (Å²) < 4.78 is 16.9. The van der Waals surface area contributed by atoms with Crippen LogP contribution >= 0.6 is 0 Å². The lowest BCUT2D eigenvalue weighted by atomic mass is 10.1. The molecule has 0 aliphatic rings. The van der Waals surface area contributed by atoms with Gasteiger partial charge in [0.15, 0.2) is 6.10 Å². The van der Waals surface area contributed by atoms with Crippen molar-refractivity contribution in [3.05, 3.63) is 170 Å². The highest BCUT2D eigenvalue weighted by molar-refractivity contribution is 5.71. The van der Waals surface area contributed by atoms with E-state index in [1.807, 2.05) is 0 Å². The van der Waals surface area contributed by atoms with E-state index in [4.69, 9.17) is 14.2 Å². The Morgan fingerprint density at radius 3 is 0.704 bits per heavy atom. The van der Waals surface area contributed by atoms with E-state index in [-0.39, 0.29) is 31.1 Å². The summed E-state index contributed by atoms with van der Waals surface area (Å²) in [5, 5.41) is 0. The molecule has 0 aromatic carbocycles. The first-order valence-electron chi connectivity index (χ1n) is 32.6. The van der Waals surface area contributed by atoms with Gasteiger partial charge in [0, 0.05) is 19.3 Å². The van der Waals surface area contributed by atoms with Crippen LogP contribution in [0.4, 0.5) is 0 Å². The van der Waals surface area contributed by atoms with E-state index in [2.05, 4.69) is 191 Å². The highest BCUT2D eigenvalue weighted by Crippen LogP contribution is 2.14. The van der Waals surface area contributed by atoms with Gasteiger partial charge < -0.3 is 14.2 Å². The van der Waals surface area contributed by atoms with Crippen molar-refractivity contribution in [1.29, 1.82) is 0 Å². The zero-order chi connectivity index (χ0) is 58.5. The summed E-state index contributed by atoms with van der Waals surface area (Å²) >= 11 is 0. The predicted octanol–water partition coefficient (Wildman–Crippen LogP) is 22.7. The van der Waals surface area contributed by atoms with Crippen LogP contribution in [-0.4, -0.2) is 37.2 Å². The number of carbonyl (C=O) groups excluding carboxylic acids is 3. The van der Waals surface area contributed by atoms with E-state index in [0.717, 1.165) is 167 Å². The fraction of sp³-hybridized carbons (Fsp3) is 0.587. The summed E-state index contributed by atoms with van der Waals surface area (Å²) in [5.74, 6) is -0.960. The first-order valence-corrected chi connectivity index (χ1v) is 32.6. The van der Waals surface area contributed by atoms with E-state index in [9.17, 15) is 14.4 Å². The number of esters is 3. The summed E-state index contributed by atoms with van der Waals surface area (Å²) in [6.07, 6.45) is 99.2. The summed E-state index contributed by atoms with van der Waals surface area (Å²) in [6, 6.07) is 0. The van der Waals surface area contributed by atoms with Gasteiger partial charge in [0.25, 0.3) is 0 Å². The van der Waals surface area contributed by atoms with Crippen molar-refractivity contribution in [3.63, 3.8) is 0 Å². The van der Waals surface area contributed by atoms with Crippen LogP contribution in [-0.2, 0) is 28.6 Å². The molecule has 1 atom stereocenters. The van der Waals surface area contributed by atoms with Gasteiger partial charge in [-0.05, 0) is 148 Å². The second kappa shape index (κ2) is 67.3. The van der Waals surface area contributed by atoms with Gasteiger partial charge in [-0.15, -0.1) is 0 Å². The van der Waals surface area contributed by atoms with Gasteiger partial charge in [-0.1, -0.05) is 268 Å². The zero-order valence-electron chi connectivity index (χ0n) is 52.0. The van der Waals surface area contributed by atoms with Crippen molar-refractivity contribution < 1.29 is 28.6 Å². The van der Waals surface area contributed by atoms with Crippen LogP contribution in [0, 0.1) is 0 Å². The Labute approximate surface area is 498 Å². The molecular weight excluding hydrogens is 997 g/mol. The molecule has 0 fully saturated rings. The average molecular weight is 1120 g/mol. The highest BCUT2D eigenvalue weighted by atomic mass is 16.6. The monoisotopic (exact) mass is 1110 g/mol. The van der Waals surface area contributed by atoms with Gasteiger partial charge in [-0.25, -0.2) is 0 Å². The van der Waals surface area contributed by atoms with Crippen LogP contribution < -0.4 is 0 Å². The van der Waals surface area contributed by atoms with E-state index in [1.165, 1.54) is 57.8 Å². The quantitative estimate of drug-likeness (QED) is 0.0261. The Hall–Kier alpha value is -5.23. The lowest BCUT2D eigenvalue weighted by Crippen LogP contribution is -2.30. The fourth-order valence-electron chi connectivity index (χ4n) is 8.43. The molecule has 6 nitrogen and oxygen atoms in total. The molecule has 0 spiro atoms. The molecule has 6 heteroatoms. The number of allylic oxidation sites excluding steroid dienone is 28. The van der Waals surface area contributed by atoms with Crippen LogP contribution in [0.3, 0.4) is 0 Å². The SMILES string of the molecule is CC/C=C\C/C=C\C/C=C\C/C=C\C/C=C\CCCCCCCCCC(=O)OCC(COC(=O)CCCCC/C=C\C/C=C\C/C=C\C/C=C\C/C=C\CC)OC(=O)CCCCCCCCCC/C=C\C/C=C\C/C=C\C/C=C\CC. The zero-order valence-corrected chi connectivity index (χ0v) is 52.0. The normalized spacial score (nSPS) is 13.3. The Morgan fingerprint density at radius 2 is 0.444 bits per heavy atom. The molecule has 454 valence electrons. The third-order valence-electron chi connectivity index (χ3n) is 13.2. The number of hydrogen-bond donors (Lipinski definition) is 0. The molecule has 0 aliphatic heterocycles. The molecule has 0 rings (SSSR count). The van der Waals surface area contributed by atoms with E-state index in [1.54, 1.807) is 0 Å². The second-order valence-corrected chi connectivity index (χ2v) is 20.9. The van der Waals surface area contributed by atoms with Crippen LogP contribution in [0.1, 0.15) is 265 Å². The van der Waals surface area contributed by atoms with Crippen molar-refractivity contribution in [3.8, 4) is 0 Å². The summed E-state index contributed by atoms with van der Waals surface area (Å²) in [7, 11) is 0. The Morgan fingerprint density at radius 1 is 0.247 bits per heavy atom. The molecule has 0 amide bonds. The molecule has 0 aliphatic carbocycles. The maximum absolute atomic E-state index is 12.9. The molecule has 0 N–H and O–H groups in total. The van der Waals surface area contributed by atoms with Crippen molar-refractivity contribution in [2.24, 2.45) is 0 Å². The summed E-state index contributed by atoms with van der Waals surface area (Å²) in [5.41, 5.74) is 0. The lowest BCUT2D eigenvalue weighted by Gasteiger charge is -2.18. The molecular formula is C75H118O6. The highest BCUT2D eigenvalue weighted by Gasteiger charge is 2.19. The standard InChI is InChI=1S/C75H118O6/c1-4-7-10-13-16-19-22-25-28-31-34-36-37-39-41-44-47-50-53-56-59-62-65-68-74(77)80-71-72(70-79-73(76)67-64-61-58-55-52-49-46-43-40-33-30-27-24-21-18-15-12-9-6-3)81-75(78)69-66-63-60-57-54-51-48-45-42-38-35-32-29-26-23-20-17-14-11-8-5-2/h7-12,16-21,25-30,34-36,38-41,43,49,52,72H,4-6,13-15,22-24,31-33,37,42,44-48,50-51,53-71H2,1-3H3/b10-7-,11-8-,12-9-,19-16-,20-17-,21-18-,28-25-,29-26-,30-27-,36-34-,38-35-,41-39-,43-40-,52-49-. The average Bonchev–Trinajstić information content (AvgIpc) is 3.47. The molecule has 0 aromatic rings. The van der Waals surface area contributed by atoms with Gasteiger partial charge >= 0.3 is 17.9 Å². The summed E-state index contributed by atoms with van der Waals surface area (Å²) in [4.78, 5) is 38.4. The molecule has 1 unspecified atom stereocenters. The first-order chi connectivity index (χ1) is 40.0. The van der Waals surface area contributed by atoms with Crippen LogP contribution in [0.25, 0.3) is 0 Å². The maximum Gasteiger partial charge on any atom is 0.306 e. The van der Waals surface area contributed by atoms with Crippen LogP contribution in [0.15, 0.2) is 170 Å². The third kappa shape index (κ3) is 65.5. The van der Waals surface area contributed by atoms with Crippen LogP contribution in [0.5, 0.6) is 0 Å². The number of ether oxygens (including phenoxy) is 3. The Bertz CT molecular complexity index is 1860. The molecule has 81 heavy (non-hydrogen) atoms. The predicted molar refractivity (Wildman–Crippen MR) is 352 cm³/mol. The molecule has 0 bridgehead atoms. The minimum Gasteiger partial charge on any atom is -0.462 e. The number of unbranched alkanes of at least 4 members (excludes halogenated alkanes) is 18. The van der Waals surface area contributed by atoms with Gasteiger partial charge in [0.05, 0.1) is 0 Å². The lowest BCUT2D eigenvalue weighted by molar-refractivity contribution is -0.167.